The van der Waals surface area contributed by atoms with Gasteiger partial charge < -0.3 is 4.90 Å². The van der Waals surface area contributed by atoms with E-state index in [1.807, 2.05) is 0 Å². The van der Waals surface area contributed by atoms with Crippen molar-refractivity contribution < 1.29 is 0 Å². The predicted octanol–water partition coefficient (Wildman–Crippen LogP) is 3.18. The Balaban J connectivity index is 2.33. The van der Waals surface area contributed by atoms with Gasteiger partial charge in [-0.3, -0.25) is 0 Å². The van der Waals surface area contributed by atoms with Crippen LogP contribution >= 0.6 is 11.6 Å². The molecule has 0 N–H and O–H groups in total. The Hall–Kier alpha value is -0.530. The van der Waals surface area contributed by atoms with E-state index in [0.717, 1.165) is 31.9 Å². The molecule has 0 amide bonds. The van der Waals surface area contributed by atoms with Gasteiger partial charge in [-0.25, -0.2) is 0 Å². The van der Waals surface area contributed by atoms with Gasteiger partial charge in [-0.2, -0.15) is 0 Å². The topological polar surface area (TPSA) is 3.24 Å². The number of rotatable bonds is 7. The van der Waals surface area contributed by atoms with E-state index in [2.05, 4.69) is 42.2 Å². The van der Waals surface area contributed by atoms with Crippen LogP contribution < -0.4 is 0 Å². The van der Waals surface area contributed by atoms with Gasteiger partial charge >= 0.3 is 0 Å². The monoisotopic (exact) mass is 225 g/mol. The molecule has 0 atom stereocenters. The van der Waals surface area contributed by atoms with Crippen LogP contribution in [0.4, 0.5) is 0 Å². The normalized spacial score (nSPS) is 10.9. The van der Waals surface area contributed by atoms with E-state index >= 15 is 0 Å². The molecule has 0 saturated carbocycles. The molecule has 0 saturated heterocycles. The van der Waals surface area contributed by atoms with Crippen LogP contribution in [-0.4, -0.2) is 30.4 Å². The molecule has 0 radical (unpaired) electrons. The zero-order valence-electron chi connectivity index (χ0n) is 9.45. The fourth-order valence-corrected chi connectivity index (χ4v) is 1.94. The minimum atomic E-state index is 0.731. The molecule has 1 nitrogen and oxygen atoms in total. The summed E-state index contributed by atoms with van der Waals surface area (Å²) >= 11 is 5.77. The molecule has 0 spiro atoms. The molecular weight excluding hydrogens is 206 g/mol. The van der Waals surface area contributed by atoms with Crippen molar-refractivity contribution in [1.82, 2.24) is 4.90 Å². The molecule has 1 aromatic rings. The van der Waals surface area contributed by atoms with Crippen LogP contribution in [0, 0.1) is 0 Å². The van der Waals surface area contributed by atoms with Crippen LogP contribution in [0.5, 0.6) is 0 Å². The smallest absolute Gasteiger partial charge is 0.0351 e. The van der Waals surface area contributed by atoms with Crippen LogP contribution in [0.3, 0.4) is 0 Å². The molecule has 0 aliphatic carbocycles. The Bertz CT molecular complexity index is 242. The summed E-state index contributed by atoms with van der Waals surface area (Å²) in [5, 5.41) is 0. The van der Waals surface area contributed by atoms with E-state index in [1.54, 1.807) is 0 Å². The van der Waals surface area contributed by atoms with Gasteiger partial charge in [0.05, 0.1) is 0 Å². The maximum atomic E-state index is 5.77. The lowest BCUT2D eigenvalue weighted by atomic mass is 10.1. The lowest BCUT2D eigenvalue weighted by molar-refractivity contribution is 0.294. The highest BCUT2D eigenvalue weighted by atomic mass is 35.5. The van der Waals surface area contributed by atoms with Crippen LogP contribution in [0.25, 0.3) is 0 Å². The quantitative estimate of drug-likeness (QED) is 0.645. The number of hydrogen-bond acceptors (Lipinski definition) is 1. The minimum absolute atomic E-state index is 0.731. The van der Waals surface area contributed by atoms with Crippen molar-refractivity contribution >= 4 is 11.6 Å². The molecule has 15 heavy (non-hydrogen) atoms. The number of hydrogen-bond donors (Lipinski definition) is 0. The first-order chi connectivity index (χ1) is 7.36. The largest absolute Gasteiger partial charge is 0.302 e. The van der Waals surface area contributed by atoms with E-state index in [0.29, 0.717) is 0 Å². The highest BCUT2D eigenvalue weighted by Crippen LogP contribution is 2.02. The first-order valence-corrected chi connectivity index (χ1v) is 6.22. The van der Waals surface area contributed by atoms with Gasteiger partial charge in [0.25, 0.3) is 0 Å². The lowest BCUT2D eigenvalue weighted by Gasteiger charge is -2.20. The van der Waals surface area contributed by atoms with E-state index in [1.165, 1.54) is 12.0 Å². The van der Waals surface area contributed by atoms with Crippen LogP contribution in [0.1, 0.15) is 18.9 Å². The summed E-state index contributed by atoms with van der Waals surface area (Å²) < 4.78 is 0. The summed E-state index contributed by atoms with van der Waals surface area (Å²) in [7, 11) is 0. The predicted molar refractivity (Wildman–Crippen MR) is 67.6 cm³/mol. The maximum Gasteiger partial charge on any atom is 0.0351 e. The molecule has 0 aliphatic rings. The second kappa shape index (κ2) is 7.72. The third kappa shape index (κ3) is 5.19. The van der Waals surface area contributed by atoms with Crippen molar-refractivity contribution in [3.8, 4) is 0 Å². The second-order valence-corrected chi connectivity index (χ2v) is 4.14. The van der Waals surface area contributed by atoms with Gasteiger partial charge in [0.2, 0.25) is 0 Å². The van der Waals surface area contributed by atoms with Gasteiger partial charge in [-0.05, 0) is 24.9 Å². The molecule has 0 bridgehead atoms. The number of halogens is 1. The summed E-state index contributed by atoms with van der Waals surface area (Å²) in [6, 6.07) is 10.6. The Kier molecular flexibility index (Phi) is 6.45. The van der Waals surface area contributed by atoms with E-state index < -0.39 is 0 Å². The molecule has 1 aromatic carbocycles. The Morgan fingerprint density at radius 2 is 1.80 bits per heavy atom. The van der Waals surface area contributed by atoms with Gasteiger partial charge in [0, 0.05) is 19.0 Å². The average Bonchev–Trinajstić information content (AvgIpc) is 2.28. The standard InChI is InChI=1S/C13H20ClN/c1-2-10-15(12-9-14)11-8-13-6-4-3-5-7-13/h3-7H,2,8-12H2,1H3. The SMILES string of the molecule is CCCN(CCCl)CCc1ccccc1. The third-order valence-electron chi connectivity index (χ3n) is 2.50. The molecule has 0 unspecified atom stereocenters. The molecule has 0 aromatic heterocycles. The van der Waals surface area contributed by atoms with E-state index in [9.17, 15) is 0 Å². The summed E-state index contributed by atoms with van der Waals surface area (Å²) in [5.74, 6) is 0.731. The fraction of sp³-hybridized carbons (Fsp3) is 0.538. The van der Waals surface area contributed by atoms with Crippen molar-refractivity contribution in [2.75, 3.05) is 25.5 Å². The van der Waals surface area contributed by atoms with E-state index in [4.69, 9.17) is 11.6 Å². The van der Waals surface area contributed by atoms with Gasteiger partial charge in [0.1, 0.15) is 0 Å². The van der Waals surface area contributed by atoms with Crippen molar-refractivity contribution in [3.05, 3.63) is 35.9 Å². The van der Waals surface area contributed by atoms with Crippen molar-refractivity contribution in [1.29, 1.82) is 0 Å². The number of alkyl halides is 1. The molecular formula is C13H20ClN. The summed E-state index contributed by atoms with van der Waals surface area (Å²) in [6.45, 7) is 5.48. The third-order valence-corrected chi connectivity index (χ3v) is 2.67. The zero-order chi connectivity index (χ0) is 10.9. The second-order valence-electron chi connectivity index (χ2n) is 3.77. The van der Waals surface area contributed by atoms with E-state index in [-0.39, 0.29) is 0 Å². The summed E-state index contributed by atoms with van der Waals surface area (Å²) in [6.07, 6.45) is 2.32. The van der Waals surface area contributed by atoms with Gasteiger partial charge in [-0.1, -0.05) is 37.3 Å². The van der Waals surface area contributed by atoms with Gasteiger partial charge in [0.15, 0.2) is 0 Å². The number of benzene rings is 1. The van der Waals surface area contributed by atoms with Crippen molar-refractivity contribution in [2.24, 2.45) is 0 Å². The summed E-state index contributed by atoms with van der Waals surface area (Å²) in [4.78, 5) is 2.43. The minimum Gasteiger partial charge on any atom is -0.302 e. The number of nitrogens with zero attached hydrogens (tertiary/aromatic N) is 1. The van der Waals surface area contributed by atoms with Gasteiger partial charge in [-0.15, -0.1) is 11.6 Å². The van der Waals surface area contributed by atoms with Crippen LogP contribution in [0.15, 0.2) is 30.3 Å². The average molecular weight is 226 g/mol. The Labute approximate surface area is 98.0 Å². The lowest BCUT2D eigenvalue weighted by Crippen LogP contribution is -2.28. The molecule has 84 valence electrons. The van der Waals surface area contributed by atoms with Crippen molar-refractivity contribution in [3.63, 3.8) is 0 Å². The Morgan fingerprint density at radius 3 is 2.40 bits per heavy atom. The molecule has 0 aliphatic heterocycles. The molecule has 0 fully saturated rings. The molecule has 1 rings (SSSR count). The first kappa shape index (κ1) is 12.5. The molecule has 0 heterocycles. The Morgan fingerprint density at radius 1 is 1.07 bits per heavy atom. The zero-order valence-corrected chi connectivity index (χ0v) is 10.2. The first-order valence-electron chi connectivity index (χ1n) is 5.69. The highest BCUT2D eigenvalue weighted by molar-refractivity contribution is 6.18. The van der Waals surface area contributed by atoms with Crippen molar-refractivity contribution in [2.45, 2.75) is 19.8 Å². The maximum absolute atomic E-state index is 5.77. The fourth-order valence-electron chi connectivity index (χ4n) is 1.70. The highest BCUT2D eigenvalue weighted by Gasteiger charge is 2.02. The summed E-state index contributed by atoms with van der Waals surface area (Å²) in [5.41, 5.74) is 1.41. The van der Waals surface area contributed by atoms with Crippen LogP contribution in [0.2, 0.25) is 0 Å². The van der Waals surface area contributed by atoms with Crippen LogP contribution in [-0.2, 0) is 6.42 Å². The molecule has 2 heteroatoms.